The fourth-order valence-electron chi connectivity index (χ4n) is 1.06. The normalized spacial score (nSPS) is 18.1. The van der Waals surface area contributed by atoms with Gasteiger partial charge in [-0.3, -0.25) is 0 Å². The fourth-order valence-corrected chi connectivity index (χ4v) is 1.06. The second-order valence-electron chi connectivity index (χ2n) is 3.10. The molecule has 2 amide bonds. The minimum atomic E-state index is -0.103. The molecule has 4 heteroatoms. The van der Waals surface area contributed by atoms with E-state index in [0.29, 0.717) is 26.3 Å². The molecule has 1 saturated heterocycles. The van der Waals surface area contributed by atoms with E-state index in [-0.39, 0.29) is 12.1 Å². The predicted octanol–water partition coefficient (Wildman–Crippen LogP) is 0.451. The number of hydrogen-bond acceptors (Lipinski definition) is 2. The Kier molecular flexibility index (Phi) is 3.34. The minimum absolute atomic E-state index is 0.0837. The van der Waals surface area contributed by atoms with Crippen LogP contribution in [-0.4, -0.2) is 43.3 Å². The zero-order chi connectivity index (χ0) is 8.97. The van der Waals surface area contributed by atoms with Crippen molar-refractivity contribution in [2.75, 3.05) is 26.3 Å². The molecule has 0 aromatic heterocycles. The third-order valence-electron chi connectivity index (χ3n) is 1.65. The van der Waals surface area contributed by atoms with Gasteiger partial charge in [0.2, 0.25) is 0 Å². The van der Waals surface area contributed by atoms with Crippen molar-refractivity contribution in [2.24, 2.45) is 0 Å². The van der Waals surface area contributed by atoms with E-state index in [1.165, 1.54) is 0 Å². The number of carbonyl (C=O) groups excluding carboxylic acids is 1. The van der Waals surface area contributed by atoms with Crippen LogP contribution in [-0.2, 0) is 4.74 Å². The van der Waals surface area contributed by atoms with Crippen LogP contribution in [0.1, 0.15) is 13.8 Å². The molecule has 0 unspecified atom stereocenters. The van der Waals surface area contributed by atoms with E-state index in [1.54, 1.807) is 4.90 Å². The fraction of sp³-hybridized carbons (Fsp3) is 0.875. The lowest BCUT2D eigenvalue weighted by molar-refractivity contribution is 0.0525. The lowest BCUT2D eigenvalue weighted by Gasteiger charge is -2.26. The molecule has 12 heavy (non-hydrogen) atoms. The topological polar surface area (TPSA) is 43.6 Å². The average molecular weight is 171 g/mol. The van der Waals surface area contributed by atoms with Crippen LogP contribution in [0.5, 0.6) is 0 Å². The van der Waals surface area contributed by atoms with Gasteiger partial charge < -0.3 is 9.64 Å². The predicted molar refractivity (Wildman–Crippen MR) is 45.1 cm³/mol. The molecule has 1 radical (unpaired) electrons. The molecule has 0 aromatic carbocycles. The van der Waals surface area contributed by atoms with Gasteiger partial charge in [-0.2, -0.15) is 0 Å². The van der Waals surface area contributed by atoms with Crippen LogP contribution in [0, 0.1) is 0 Å². The maximum atomic E-state index is 11.3. The largest absolute Gasteiger partial charge is 0.378 e. The first kappa shape index (κ1) is 9.32. The molecular weight excluding hydrogens is 156 g/mol. The summed E-state index contributed by atoms with van der Waals surface area (Å²) in [6.45, 7) is 6.43. The van der Waals surface area contributed by atoms with Gasteiger partial charge >= 0.3 is 6.03 Å². The van der Waals surface area contributed by atoms with Gasteiger partial charge in [-0.05, 0) is 13.8 Å². The van der Waals surface area contributed by atoms with Crippen LogP contribution in [0.15, 0.2) is 0 Å². The van der Waals surface area contributed by atoms with Gasteiger partial charge in [-0.1, -0.05) is 0 Å². The first-order valence-corrected chi connectivity index (χ1v) is 4.27. The first-order chi connectivity index (χ1) is 5.70. The molecule has 1 aliphatic heterocycles. The number of rotatable bonds is 1. The zero-order valence-corrected chi connectivity index (χ0v) is 7.62. The van der Waals surface area contributed by atoms with Gasteiger partial charge in [-0.25, -0.2) is 10.1 Å². The standard InChI is InChI=1S/C8H15N2O2/c1-7(2)9-8(11)10-3-5-12-6-4-10/h7H,3-6H2,1-2H3. The molecule has 0 bridgehead atoms. The van der Waals surface area contributed by atoms with Crippen LogP contribution in [0.2, 0.25) is 0 Å². The highest BCUT2D eigenvalue weighted by Crippen LogP contribution is 1.98. The van der Waals surface area contributed by atoms with Crippen molar-refractivity contribution in [3.63, 3.8) is 0 Å². The van der Waals surface area contributed by atoms with Crippen molar-refractivity contribution in [3.05, 3.63) is 0 Å². The number of ether oxygens (including phenoxy) is 1. The maximum absolute atomic E-state index is 11.3. The van der Waals surface area contributed by atoms with E-state index < -0.39 is 0 Å². The molecule has 0 N–H and O–H groups in total. The Morgan fingerprint density at radius 3 is 2.50 bits per heavy atom. The highest BCUT2D eigenvalue weighted by Gasteiger charge is 2.17. The number of amides is 2. The summed E-state index contributed by atoms with van der Waals surface area (Å²) in [7, 11) is 0. The Morgan fingerprint density at radius 1 is 1.42 bits per heavy atom. The van der Waals surface area contributed by atoms with Crippen LogP contribution >= 0.6 is 0 Å². The molecule has 0 aliphatic carbocycles. The summed E-state index contributed by atoms with van der Waals surface area (Å²) in [5.74, 6) is 0. The molecule has 1 aliphatic rings. The molecule has 69 valence electrons. The Morgan fingerprint density at radius 2 is 2.00 bits per heavy atom. The Balaban J connectivity index is 2.30. The van der Waals surface area contributed by atoms with Crippen molar-refractivity contribution in [1.29, 1.82) is 0 Å². The summed E-state index contributed by atoms with van der Waals surface area (Å²) in [6, 6.07) is -0.0198. The minimum Gasteiger partial charge on any atom is -0.378 e. The molecule has 0 aromatic rings. The average Bonchev–Trinajstić information content (AvgIpc) is 2.05. The van der Waals surface area contributed by atoms with Crippen LogP contribution in [0.25, 0.3) is 0 Å². The third-order valence-corrected chi connectivity index (χ3v) is 1.65. The number of hydrogen-bond donors (Lipinski definition) is 0. The van der Waals surface area contributed by atoms with Crippen LogP contribution in [0.4, 0.5) is 4.79 Å². The van der Waals surface area contributed by atoms with Gasteiger partial charge in [0.25, 0.3) is 0 Å². The van der Waals surface area contributed by atoms with Gasteiger partial charge in [0, 0.05) is 19.1 Å². The molecule has 0 atom stereocenters. The highest BCUT2D eigenvalue weighted by molar-refractivity contribution is 5.74. The number of morpholine rings is 1. The van der Waals surface area contributed by atoms with E-state index in [0.717, 1.165) is 0 Å². The van der Waals surface area contributed by atoms with Gasteiger partial charge in [0.05, 0.1) is 13.2 Å². The Labute approximate surface area is 72.9 Å². The maximum Gasteiger partial charge on any atom is 0.339 e. The molecule has 0 spiro atoms. The van der Waals surface area contributed by atoms with E-state index in [9.17, 15) is 4.79 Å². The molecule has 4 nitrogen and oxygen atoms in total. The molecule has 1 heterocycles. The molecular formula is C8H15N2O2. The van der Waals surface area contributed by atoms with E-state index >= 15 is 0 Å². The monoisotopic (exact) mass is 171 g/mol. The lowest BCUT2D eigenvalue weighted by Crippen LogP contribution is -2.45. The van der Waals surface area contributed by atoms with Crippen molar-refractivity contribution < 1.29 is 9.53 Å². The first-order valence-electron chi connectivity index (χ1n) is 4.27. The van der Waals surface area contributed by atoms with Crippen molar-refractivity contribution in [2.45, 2.75) is 19.9 Å². The number of urea groups is 1. The third kappa shape index (κ3) is 2.70. The molecule has 1 rings (SSSR count). The van der Waals surface area contributed by atoms with Gasteiger partial charge in [0.15, 0.2) is 0 Å². The van der Waals surface area contributed by atoms with E-state index in [4.69, 9.17) is 4.74 Å². The van der Waals surface area contributed by atoms with Crippen LogP contribution < -0.4 is 5.32 Å². The highest BCUT2D eigenvalue weighted by atomic mass is 16.5. The lowest BCUT2D eigenvalue weighted by atomic mass is 10.4. The summed E-state index contributed by atoms with van der Waals surface area (Å²) in [6.07, 6.45) is 0. The molecule has 1 fully saturated rings. The quantitative estimate of drug-likeness (QED) is 0.575. The summed E-state index contributed by atoms with van der Waals surface area (Å²) in [4.78, 5) is 13.0. The SMILES string of the molecule is CC(C)[N]C(=O)N1CCOCC1. The smallest absolute Gasteiger partial charge is 0.339 e. The summed E-state index contributed by atoms with van der Waals surface area (Å²) < 4.78 is 5.12. The van der Waals surface area contributed by atoms with Crippen molar-refractivity contribution in [3.8, 4) is 0 Å². The van der Waals surface area contributed by atoms with Gasteiger partial charge in [-0.15, -0.1) is 0 Å². The van der Waals surface area contributed by atoms with E-state index in [2.05, 4.69) is 5.32 Å². The second kappa shape index (κ2) is 4.30. The van der Waals surface area contributed by atoms with Crippen molar-refractivity contribution >= 4 is 6.03 Å². The zero-order valence-electron chi connectivity index (χ0n) is 7.62. The number of carbonyl (C=O) groups is 1. The Hall–Kier alpha value is -0.770. The summed E-state index contributed by atoms with van der Waals surface area (Å²) in [5, 5.41) is 3.93. The van der Waals surface area contributed by atoms with Gasteiger partial charge in [0.1, 0.15) is 0 Å². The van der Waals surface area contributed by atoms with Crippen molar-refractivity contribution in [1.82, 2.24) is 10.2 Å². The summed E-state index contributed by atoms with van der Waals surface area (Å²) in [5.41, 5.74) is 0. The Bertz CT molecular complexity index is 153. The second-order valence-corrected chi connectivity index (χ2v) is 3.10. The van der Waals surface area contributed by atoms with Crippen LogP contribution in [0.3, 0.4) is 0 Å². The number of nitrogens with zero attached hydrogens (tertiary/aromatic N) is 2. The van der Waals surface area contributed by atoms with E-state index in [1.807, 2.05) is 13.8 Å². The summed E-state index contributed by atoms with van der Waals surface area (Å²) >= 11 is 0. The molecule has 0 saturated carbocycles.